The van der Waals surface area contributed by atoms with Crippen LogP contribution in [0.2, 0.25) is 0 Å². The molecule has 2 unspecified atom stereocenters. The third kappa shape index (κ3) is 2.92. The average molecular weight is 301 g/mol. The number of nitrogens with zero attached hydrogens (tertiary/aromatic N) is 2. The Morgan fingerprint density at radius 3 is 2.56 bits per heavy atom. The van der Waals surface area contributed by atoms with E-state index < -0.39 is 0 Å². The van der Waals surface area contributed by atoms with Gasteiger partial charge in [0.25, 0.3) is 0 Å². The molecule has 1 aliphatic heterocycles. The molecule has 1 fully saturated rings. The van der Waals surface area contributed by atoms with Crippen LogP contribution in [0.4, 0.5) is 5.82 Å². The fourth-order valence-electron chi connectivity index (χ4n) is 2.05. The highest BCUT2D eigenvalue weighted by atomic mass is 79.9. The first-order chi connectivity index (χ1) is 7.69. The van der Waals surface area contributed by atoms with E-state index in [1.807, 2.05) is 6.20 Å². The third-order valence-corrected chi connectivity index (χ3v) is 4.58. The van der Waals surface area contributed by atoms with Crippen LogP contribution in [-0.2, 0) is 5.33 Å². The number of hydrogen-bond donors (Lipinski definition) is 0. The minimum Gasteiger partial charge on any atom is -0.354 e. The fraction of sp³-hybridized carbons (Fsp3) is 0.583. The SMILES string of the molecule is CC1CN(c2ccc(CBr)cn2)CC(C)S1. The summed E-state index contributed by atoms with van der Waals surface area (Å²) < 4.78 is 0. The number of alkyl halides is 1. The lowest BCUT2D eigenvalue weighted by Crippen LogP contribution is -2.40. The van der Waals surface area contributed by atoms with Gasteiger partial charge in [0.1, 0.15) is 5.82 Å². The number of pyridine rings is 1. The van der Waals surface area contributed by atoms with Gasteiger partial charge in [-0.3, -0.25) is 0 Å². The smallest absolute Gasteiger partial charge is 0.128 e. The molecule has 4 heteroatoms. The van der Waals surface area contributed by atoms with Crippen LogP contribution in [0.15, 0.2) is 18.3 Å². The molecule has 16 heavy (non-hydrogen) atoms. The average Bonchev–Trinajstić information content (AvgIpc) is 2.28. The Hall–Kier alpha value is -0.220. The number of rotatable bonds is 2. The predicted molar refractivity (Wildman–Crippen MR) is 75.6 cm³/mol. The minimum absolute atomic E-state index is 0.696. The molecule has 0 saturated carbocycles. The summed E-state index contributed by atoms with van der Waals surface area (Å²) in [6, 6.07) is 4.28. The zero-order valence-electron chi connectivity index (χ0n) is 9.69. The van der Waals surface area contributed by atoms with Crippen LogP contribution in [0.1, 0.15) is 19.4 Å². The maximum Gasteiger partial charge on any atom is 0.128 e. The fourth-order valence-corrected chi connectivity index (χ4v) is 3.70. The van der Waals surface area contributed by atoms with Crippen molar-refractivity contribution in [3.63, 3.8) is 0 Å². The molecule has 1 saturated heterocycles. The van der Waals surface area contributed by atoms with Crippen molar-refractivity contribution < 1.29 is 0 Å². The van der Waals surface area contributed by atoms with Gasteiger partial charge < -0.3 is 4.90 Å². The molecule has 0 radical (unpaired) electrons. The normalized spacial score (nSPS) is 25.8. The van der Waals surface area contributed by atoms with E-state index in [1.54, 1.807) is 0 Å². The van der Waals surface area contributed by atoms with E-state index in [0.717, 1.165) is 24.2 Å². The highest BCUT2D eigenvalue weighted by molar-refractivity contribution is 9.08. The van der Waals surface area contributed by atoms with E-state index in [-0.39, 0.29) is 0 Å². The van der Waals surface area contributed by atoms with Gasteiger partial charge >= 0.3 is 0 Å². The Labute approximate surface area is 110 Å². The van der Waals surface area contributed by atoms with Gasteiger partial charge in [0.05, 0.1) is 0 Å². The van der Waals surface area contributed by atoms with Gasteiger partial charge in [-0.25, -0.2) is 4.98 Å². The Balaban J connectivity index is 2.10. The summed E-state index contributed by atoms with van der Waals surface area (Å²) in [5.41, 5.74) is 1.23. The minimum atomic E-state index is 0.696. The summed E-state index contributed by atoms with van der Waals surface area (Å²) in [6.07, 6.45) is 1.96. The van der Waals surface area contributed by atoms with Crippen molar-refractivity contribution in [2.45, 2.75) is 29.7 Å². The van der Waals surface area contributed by atoms with Gasteiger partial charge in [-0.15, -0.1) is 0 Å². The summed E-state index contributed by atoms with van der Waals surface area (Å²) in [6.45, 7) is 6.80. The molecule has 0 bridgehead atoms. The van der Waals surface area contributed by atoms with Gasteiger partial charge in [0.15, 0.2) is 0 Å². The summed E-state index contributed by atoms with van der Waals surface area (Å²) in [4.78, 5) is 6.92. The third-order valence-electron chi connectivity index (χ3n) is 2.71. The van der Waals surface area contributed by atoms with E-state index in [2.05, 4.69) is 63.6 Å². The first-order valence-corrected chi connectivity index (χ1v) is 7.66. The molecular formula is C12H17BrN2S. The lowest BCUT2D eigenvalue weighted by Gasteiger charge is -2.35. The number of hydrogen-bond acceptors (Lipinski definition) is 3. The van der Waals surface area contributed by atoms with Crippen molar-refractivity contribution in [1.29, 1.82) is 0 Å². The molecule has 1 aromatic rings. The van der Waals surface area contributed by atoms with Gasteiger partial charge in [0, 0.05) is 35.1 Å². The molecular weight excluding hydrogens is 284 g/mol. The van der Waals surface area contributed by atoms with Gasteiger partial charge in [-0.1, -0.05) is 35.8 Å². The quantitative estimate of drug-likeness (QED) is 0.780. The largest absolute Gasteiger partial charge is 0.354 e. The highest BCUT2D eigenvalue weighted by Gasteiger charge is 2.22. The summed E-state index contributed by atoms with van der Waals surface area (Å²) in [5, 5.41) is 2.27. The zero-order valence-corrected chi connectivity index (χ0v) is 12.1. The molecule has 0 spiro atoms. The number of thioether (sulfide) groups is 1. The Morgan fingerprint density at radius 1 is 1.38 bits per heavy atom. The van der Waals surface area contributed by atoms with Crippen LogP contribution < -0.4 is 4.90 Å². The van der Waals surface area contributed by atoms with Crippen LogP contribution in [0.5, 0.6) is 0 Å². The number of halogens is 1. The molecule has 1 aliphatic rings. The predicted octanol–water partition coefficient (Wildman–Crippen LogP) is 3.31. The second-order valence-corrected chi connectivity index (χ2v) is 6.76. The summed E-state index contributed by atoms with van der Waals surface area (Å²) >= 11 is 5.51. The summed E-state index contributed by atoms with van der Waals surface area (Å²) in [7, 11) is 0. The first kappa shape index (κ1) is 12.2. The summed E-state index contributed by atoms with van der Waals surface area (Å²) in [5.74, 6) is 1.11. The molecule has 2 atom stereocenters. The molecule has 88 valence electrons. The van der Waals surface area contributed by atoms with Crippen molar-refractivity contribution in [2.75, 3.05) is 18.0 Å². The number of anilines is 1. The van der Waals surface area contributed by atoms with Crippen LogP contribution >= 0.6 is 27.7 Å². The lowest BCUT2D eigenvalue weighted by molar-refractivity contribution is 0.718. The van der Waals surface area contributed by atoms with Crippen LogP contribution in [-0.4, -0.2) is 28.6 Å². The van der Waals surface area contributed by atoms with Gasteiger partial charge in [-0.05, 0) is 11.6 Å². The van der Waals surface area contributed by atoms with Crippen molar-refractivity contribution in [1.82, 2.24) is 4.98 Å². The van der Waals surface area contributed by atoms with E-state index in [4.69, 9.17) is 0 Å². The Kier molecular flexibility index (Phi) is 4.14. The van der Waals surface area contributed by atoms with E-state index in [1.165, 1.54) is 5.56 Å². The highest BCUT2D eigenvalue weighted by Crippen LogP contribution is 2.27. The van der Waals surface area contributed by atoms with Crippen molar-refractivity contribution in [2.24, 2.45) is 0 Å². The van der Waals surface area contributed by atoms with E-state index in [0.29, 0.717) is 10.5 Å². The Morgan fingerprint density at radius 2 is 2.06 bits per heavy atom. The van der Waals surface area contributed by atoms with Crippen LogP contribution in [0.25, 0.3) is 0 Å². The molecule has 0 amide bonds. The van der Waals surface area contributed by atoms with Gasteiger partial charge in [-0.2, -0.15) is 11.8 Å². The maximum atomic E-state index is 4.53. The molecule has 0 N–H and O–H groups in total. The monoisotopic (exact) mass is 300 g/mol. The molecule has 2 nitrogen and oxygen atoms in total. The molecule has 2 heterocycles. The Bertz CT molecular complexity index is 331. The molecule has 2 rings (SSSR count). The zero-order chi connectivity index (χ0) is 11.5. The second kappa shape index (κ2) is 5.41. The van der Waals surface area contributed by atoms with Gasteiger partial charge in [0.2, 0.25) is 0 Å². The maximum absolute atomic E-state index is 4.53. The molecule has 1 aromatic heterocycles. The topological polar surface area (TPSA) is 16.1 Å². The van der Waals surface area contributed by atoms with E-state index in [9.17, 15) is 0 Å². The van der Waals surface area contributed by atoms with Crippen LogP contribution in [0, 0.1) is 0 Å². The number of aromatic nitrogens is 1. The van der Waals surface area contributed by atoms with Crippen molar-refractivity contribution in [3.05, 3.63) is 23.9 Å². The van der Waals surface area contributed by atoms with Crippen molar-refractivity contribution in [3.8, 4) is 0 Å². The van der Waals surface area contributed by atoms with E-state index >= 15 is 0 Å². The molecule has 0 aliphatic carbocycles. The standard InChI is InChI=1S/C12H17BrN2S/c1-9-7-15(8-10(2)16-9)12-4-3-11(5-13)6-14-12/h3-4,6,9-10H,5,7-8H2,1-2H3. The second-order valence-electron chi connectivity index (χ2n) is 4.32. The lowest BCUT2D eigenvalue weighted by atomic mass is 10.3. The first-order valence-electron chi connectivity index (χ1n) is 5.60. The molecule has 0 aromatic carbocycles. The van der Waals surface area contributed by atoms with Crippen molar-refractivity contribution >= 4 is 33.5 Å². The van der Waals surface area contributed by atoms with Crippen LogP contribution in [0.3, 0.4) is 0 Å².